The highest BCUT2D eigenvalue weighted by Crippen LogP contribution is 2.31. The quantitative estimate of drug-likeness (QED) is 0.569. The molecule has 1 saturated carbocycles. The van der Waals surface area contributed by atoms with E-state index in [9.17, 15) is 5.11 Å². The molecule has 0 heterocycles. The minimum atomic E-state index is -0.378. The molecule has 0 aromatic carbocycles. The molecule has 2 heteroatoms. The molecule has 0 amide bonds. The van der Waals surface area contributed by atoms with E-state index in [1.54, 1.807) is 0 Å². The summed E-state index contributed by atoms with van der Waals surface area (Å²) < 4.78 is 0. The van der Waals surface area contributed by atoms with Gasteiger partial charge in [-0.1, -0.05) is 13.5 Å². The third kappa shape index (κ3) is 1.96. The third-order valence-corrected chi connectivity index (χ3v) is 2.51. The maximum atomic E-state index is 9.49. The highest BCUT2D eigenvalue weighted by atomic mass is 16.3. The van der Waals surface area contributed by atoms with Crippen LogP contribution in [0.15, 0.2) is 12.3 Å². The minimum Gasteiger partial charge on any atom is -0.513 e. The zero-order valence-electron chi connectivity index (χ0n) is 6.95. The molecule has 1 aliphatic carbocycles. The fraction of sp³-hybridized carbons (Fsp3) is 0.778. The molecule has 1 rings (SSSR count). The Morgan fingerprint density at radius 2 is 2.09 bits per heavy atom. The van der Waals surface area contributed by atoms with Crippen LogP contribution in [0.3, 0.4) is 0 Å². The third-order valence-electron chi connectivity index (χ3n) is 2.51. The predicted molar refractivity (Wildman–Crippen MR) is 44.3 cm³/mol. The van der Waals surface area contributed by atoms with Gasteiger partial charge in [0.1, 0.15) is 0 Å². The second-order valence-corrected chi connectivity index (χ2v) is 3.58. The highest BCUT2D eigenvalue weighted by molar-refractivity contribution is 4.95. The van der Waals surface area contributed by atoms with Crippen molar-refractivity contribution in [3.8, 4) is 0 Å². The van der Waals surface area contributed by atoms with Gasteiger partial charge >= 0.3 is 0 Å². The zero-order chi connectivity index (χ0) is 8.43. The van der Waals surface area contributed by atoms with Gasteiger partial charge in [-0.05, 0) is 25.2 Å². The first-order valence-electron chi connectivity index (χ1n) is 4.17. The molecule has 0 aromatic rings. The number of aliphatic hydroxyl groups is 2. The van der Waals surface area contributed by atoms with Crippen molar-refractivity contribution in [2.75, 3.05) is 0 Å². The van der Waals surface area contributed by atoms with E-state index in [0.29, 0.717) is 5.92 Å². The Balaban J connectivity index is 2.50. The van der Waals surface area contributed by atoms with E-state index in [2.05, 4.69) is 13.5 Å². The highest BCUT2D eigenvalue weighted by Gasteiger charge is 2.28. The van der Waals surface area contributed by atoms with Crippen LogP contribution in [0, 0.1) is 11.8 Å². The minimum absolute atomic E-state index is 0.0776. The molecule has 1 aliphatic rings. The molecule has 64 valence electrons. The van der Waals surface area contributed by atoms with E-state index >= 15 is 0 Å². The zero-order valence-corrected chi connectivity index (χ0v) is 6.95. The van der Waals surface area contributed by atoms with Gasteiger partial charge in [-0.15, -0.1) is 0 Å². The van der Waals surface area contributed by atoms with Crippen LogP contribution < -0.4 is 0 Å². The number of hydrogen-bond acceptors (Lipinski definition) is 2. The summed E-state index contributed by atoms with van der Waals surface area (Å²) in [7, 11) is 0. The molecule has 1 fully saturated rings. The van der Waals surface area contributed by atoms with E-state index in [4.69, 9.17) is 5.11 Å². The summed E-state index contributed by atoms with van der Waals surface area (Å²) in [5, 5.41) is 18.6. The maximum Gasteiger partial charge on any atom is 0.0907 e. The van der Waals surface area contributed by atoms with Crippen LogP contribution in [0.25, 0.3) is 0 Å². The van der Waals surface area contributed by atoms with Gasteiger partial charge in [0, 0.05) is 5.92 Å². The Morgan fingerprint density at radius 1 is 1.45 bits per heavy atom. The van der Waals surface area contributed by atoms with Crippen molar-refractivity contribution in [1.82, 2.24) is 0 Å². The van der Waals surface area contributed by atoms with E-state index < -0.39 is 0 Å². The first-order valence-corrected chi connectivity index (χ1v) is 4.17. The Labute approximate surface area is 67.6 Å². The van der Waals surface area contributed by atoms with E-state index in [0.717, 1.165) is 19.3 Å². The molecule has 0 saturated heterocycles. The first-order chi connectivity index (χ1) is 5.11. The SMILES string of the molecule is C=C(O)C1CCC(C)CC1O. The van der Waals surface area contributed by atoms with Gasteiger partial charge in [0.25, 0.3) is 0 Å². The monoisotopic (exact) mass is 156 g/mol. The van der Waals surface area contributed by atoms with Gasteiger partial charge in [0.2, 0.25) is 0 Å². The lowest BCUT2D eigenvalue weighted by atomic mass is 9.80. The lowest BCUT2D eigenvalue weighted by Crippen LogP contribution is -2.29. The number of rotatable bonds is 1. The van der Waals surface area contributed by atoms with Crippen molar-refractivity contribution in [2.45, 2.75) is 32.3 Å². The Bertz CT molecular complexity index is 154. The van der Waals surface area contributed by atoms with Crippen LogP contribution in [0.2, 0.25) is 0 Å². The number of hydrogen-bond donors (Lipinski definition) is 2. The molecule has 0 radical (unpaired) electrons. The summed E-state index contributed by atoms with van der Waals surface area (Å²) in [6.07, 6.45) is 2.37. The van der Waals surface area contributed by atoms with E-state index in [1.165, 1.54) is 0 Å². The maximum absolute atomic E-state index is 9.49. The van der Waals surface area contributed by atoms with Crippen LogP contribution >= 0.6 is 0 Å². The molecule has 0 aromatic heterocycles. The molecule has 0 bridgehead atoms. The fourth-order valence-electron chi connectivity index (χ4n) is 1.74. The van der Waals surface area contributed by atoms with E-state index in [1.807, 2.05) is 0 Å². The first kappa shape index (κ1) is 8.60. The average molecular weight is 156 g/mol. The molecular formula is C9H16O2. The van der Waals surface area contributed by atoms with Crippen molar-refractivity contribution < 1.29 is 10.2 Å². The van der Waals surface area contributed by atoms with Crippen LogP contribution in [0.5, 0.6) is 0 Å². The molecule has 0 aliphatic heterocycles. The van der Waals surface area contributed by atoms with Crippen molar-refractivity contribution in [3.63, 3.8) is 0 Å². The van der Waals surface area contributed by atoms with Gasteiger partial charge in [-0.2, -0.15) is 0 Å². The summed E-state index contributed by atoms with van der Waals surface area (Å²) in [6, 6.07) is 0. The van der Waals surface area contributed by atoms with Crippen molar-refractivity contribution >= 4 is 0 Å². The number of aliphatic hydroxyl groups excluding tert-OH is 2. The lowest BCUT2D eigenvalue weighted by Gasteiger charge is -2.30. The van der Waals surface area contributed by atoms with Crippen LogP contribution in [-0.2, 0) is 0 Å². The predicted octanol–water partition coefficient (Wildman–Crippen LogP) is 1.86. The summed E-state index contributed by atoms with van der Waals surface area (Å²) in [4.78, 5) is 0. The molecule has 3 atom stereocenters. The van der Waals surface area contributed by atoms with Crippen LogP contribution in [-0.4, -0.2) is 16.3 Å². The normalized spacial score (nSPS) is 38.5. The second kappa shape index (κ2) is 3.26. The smallest absolute Gasteiger partial charge is 0.0907 e. The molecule has 2 N–H and O–H groups in total. The van der Waals surface area contributed by atoms with Crippen molar-refractivity contribution in [1.29, 1.82) is 0 Å². The van der Waals surface area contributed by atoms with Gasteiger partial charge in [-0.25, -0.2) is 0 Å². The Morgan fingerprint density at radius 3 is 2.55 bits per heavy atom. The van der Waals surface area contributed by atoms with Gasteiger partial charge in [0.15, 0.2) is 0 Å². The largest absolute Gasteiger partial charge is 0.513 e. The fourth-order valence-corrected chi connectivity index (χ4v) is 1.74. The molecular weight excluding hydrogens is 140 g/mol. The van der Waals surface area contributed by atoms with Crippen molar-refractivity contribution in [3.05, 3.63) is 12.3 Å². The van der Waals surface area contributed by atoms with Crippen molar-refractivity contribution in [2.24, 2.45) is 11.8 Å². The van der Waals surface area contributed by atoms with Gasteiger partial charge < -0.3 is 10.2 Å². The standard InChI is InChI=1S/C9H16O2/c1-6-3-4-8(7(2)10)9(11)5-6/h6,8-11H,2-5H2,1H3. The van der Waals surface area contributed by atoms with Gasteiger partial charge in [0.05, 0.1) is 11.9 Å². The average Bonchev–Trinajstić information content (AvgIpc) is 1.85. The summed E-state index contributed by atoms with van der Waals surface area (Å²) >= 11 is 0. The second-order valence-electron chi connectivity index (χ2n) is 3.58. The van der Waals surface area contributed by atoms with Gasteiger partial charge in [-0.3, -0.25) is 0 Å². The topological polar surface area (TPSA) is 40.5 Å². The molecule has 3 unspecified atom stereocenters. The molecule has 2 nitrogen and oxygen atoms in total. The Kier molecular flexibility index (Phi) is 2.55. The summed E-state index contributed by atoms with van der Waals surface area (Å²) in [5.74, 6) is 0.649. The lowest BCUT2D eigenvalue weighted by molar-refractivity contribution is 0.0470. The van der Waals surface area contributed by atoms with Crippen LogP contribution in [0.4, 0.5) is 0 Å². The molecule has 0 spiro atoms. The van der Waals surface area contributed by atoms with E-state index in [-0.39, 0.29) is 17.8 Å². The Hall–Kier alpha value is -0.500. The molecule has 11 heavy (non-hydrogen) atoms. The summed E-state index contributed by atoms with van der Waals surface area (Å²) in [5.41, 5.74) is 0. The van der Waals surface area contributed by atoms with Crippen LogP contribution in [0.1, 0.15) is 26.2 Å². The summed E-state index contributed by atoms with van der Waals surface area (Å²) in [6.45, 7) is 5.57.